The molecule has 0 amide bonds. The average Bonchev–Trinajstić information content (AvgIpc) is 2.41. The standard InChI is InChI=1S/C15H17BrN2O/c16-13-5-4-11(14-12(13)3-1-8-17-14)9-18-15(10-19)6-2-7-15/h1,3-5,8,18-19H,2,6-7,9-10H2. The maximum atomic E-state index is 9.49. The van der Waals surface area contributed by atoms with Crippen LogP contribution in [-0.2, 0) is 6.54 Å². The minimum atomic E-state index is -0.0613. The summed E-state index contributed by atoms with van der Waals surface area (Å²) in [5, 5.41) is 14.1. The van der Waals surface area contributed by atoms with Crippen molar-refractivity contribution >= 4 is 26.8 Å². The van der Waals surface area contributed by atoms with Gasteiger partial charge in [-0.15, -0.1) is 0 Å². The van der Waals surface area contributed by atoms with Crippen LogP contribution in [0.1, 0.15) is 24.8 Å². The molecule has 0 aliphatic heterocycles. The normalized spacial score (nSPS) is 17.4. The first kappa shape index (κ1) is 13.0. The van der Waals surface area contributed by atoms with Crippen LogP contribution in [-0.4, -0.2) is 22.2 Å². The third-order valence-corrected chi connectivity index (χ3v) is 4.76. The number of rotatable bonds is 4. The van der Waals surface area contributed by atoms with Gasteiger partial charge < -0.3 is 10.4 Å². The van der Waals surface area contributed by atoms with E-state index < -0.39 is 0 Å². The Hall–Kier alpha value is -0.970. The maximum absolute atomic E-state index is 9.49. The van der Waals surface area contributed by atoms with Gasteiger partial charge in [0.2, 0.25) is 0 Å². The summed E-state index contributed by atoms with van der Waals surface area (Å²) in [4.78, 5) is 4.48. The summed E-state index contributed by atoms with van der Waals surface area (Å²) in [6.07, 6.45) is 5.15. The number of nitrogens with zero attached hydrogens (tertiary/aromatic N) is 1. The molecule has 0 unspecified atom stereocenters. The zero-order chi connectivity index (χ0) is 13.3. The Morgan fingerprint density at radius 1 is 1.32 bits per heavy atom. The van der Waals surface area contributed by atoms with Crippen LogP contribution in [0.4, 0.5) is 0 Å². The number of halogens is 1. The number of fused-ring (bicyclic) bond motifs is 1. The highest BCUT2D eigenvalue weighted by molar-refractivity contribution is 9.10. The fourth-order valence-corrected chi connectivity index (χ4v) is 3.07. The summed E-state index contributed by atoms with van der Waals surface area (Å²) in [6.45, 7) is 0.968. The van der Waals surface area contributed by atoms with Crippen molar-refractivity contribution in [2.24, 2.45) is 0 Å². The fourth-order valence-electron chi connectivity index (χ4n) is 2.62. The highest BCUT2D eigenvalue weighted by Crippen LogP contribution is 2.32. The molecule has 1 fully saturated rings. The molecule has 1 heterocycles. The van der Waals surface area contributed by atoms with Crippen LogP contribution < -0.4 is 5.32 Å². The second kappa shape index (κ2) is 5.19. The van der Waals surface area contributed by atoms with E-state index in [9.17, 15) is 5.11 Å². The van der Waals surface area contributed by atoms with E-state index in [2.05, 4.69) is 44.4 Å². The summed E-state index contributed by atoms with van der Waals surface area (Å²) in [5.74, 6) is 0. The van der Waals surface area contributed by atoms with E-state index in [1.54, 1.807) is 0 Å². The lowest BCUT2D eigenvalue weighted by Crippen LogP contribution is -2.53. The summed E-state index contributed by atoms with van der Waals surface area (Å²) in [7, 11) is 0. The van der Waals surface area contributed by atoms with Crippen molar-refractivity contribution in [1.82, 2.24) is 10.3 Å². The smallest absolute Gasteiger partial charge is 0.0758 e. The number of aliphatic hydroxyl groups is 1. The van der Waals surface area contributed by atoms with Gasteiger partial charge in [-0.2, -0.15) is 0 Å². The second-order valence-electron chi connectivity index (χ2n) is 5.25. The first-order chi connectivity index (χ1) is 9.24. The van der Waals surface area contributed by atoms with Crippen LogP contribution in [0.3, 0.4) is 0 Å². The molecule has 1 saturated carbocycles. The molecule has 2 N–H and O–H groups in total. The van der Waals surface area contributed by atoms with Crippen molar-refractivity contribution < 1.29 is 5.11 Å². The number of pyridine rings is 1. The molecule has 1 aromatic carbocycles. The molecule has 1 aliphatic rings. The lowest BCUT2D eigenvalue weighted by atomic mass is 9.77. The van der Waals surface area contributed by atoms with Crippen molar-refractivity contribution in [3.8, 4) is 0 Å². The Labute approximate surface area is 121 Å². The molecule has 0 saturated heterocycles. The Bertz CT molecular complexity index is 590. The van der Waals surface area contributed by atoms with Crippen LogP contribution >= 0.6 is 15.9 Å². The minimum absolute atomic E-state index is 0.0613. The van der Waals surface area contributed by atoms with E-state index in [1.165, 1.54) is 12.0 Å². The molecule has 0 atom stereocenters. The third-order valence-electron chi connectivity index (χ3n) is 4.07. The Balaban J connectivity index is 1.87. The largest absolute Gasteiger partial charge is 0.394 e. The zero-order valence-electron chi connectivity index (χ0n) is 10.7. The lowest BCUT2D eigenvalue weighted by Gasteiger charge is -2.41. The van der Waals surface area contributed by atoms with Gasteiger partial charge in [-0.25, -0.2) is 0 Å². The van der Waals surface area contributed by atoms with Crippen LogP contribution in [0.15, 0.2) is 34.9 Å². The van der Waals surface area contributed by atoms with Gasteiger partial charge in [-0.05, 0) is 37.0 Å². The Morgan fingerprint density at radius 2 is 2.16 bits per heavy atom. The third kappa shape index (κ3) is 2.40. The van der Waals surface area contributed by atoms with Gasteiger partial charge in [0.25, 0.3) is 0 Å². The monoisotopic (exact) mass is 320 g/mol. The minimum Gasteiger partial charge on any atom is -0.394 e. The molecule has 19 heavy (non-hydrogen) atoms. The van der Waals surface area contributed by atoms with Crippen molar-refractivity contribution in [2.45, 2.75) is 31.3 Å². The number of aliphatic hydroxyl groups excluding tert-OH is 1. The van der Waals surface area contributed by atoms with Crippen LogP contribution in [0, 0.1) is 0 Å². The molecule has 3 nitrogen and oxygen atoms in total. The van der Waals surface area contributed by atoms with Crippen LogP contribution in [0.25, 0.3) is 10.9 Å². The highest BCUT2D eigenvalue weighted by atomic mass is 79.9. The molecule has 1 aliphatic carbocycles. The van der Waals surface area contributed by atoms with Gasteiger partial charge in [0, 0.05) is 28.1 Å². The summed E-state index contributed by atoms with van der Waals surface area (Å²) < 4.78 is 1.07. The molecular formula is C15H17BrN2O. The second-order valence-corrected chi connectivity index (χ2v) is 6.11. The summed E-state index contributed by atoms with van der Waals surface area (Å²) in [5.41, 5.74) is 2.14. The first-order valence-electron chi connectivity index (χ1n) is 6.62. The summed E-state index contributed by atoms with van der Waals surface area (Å²) >= 11 is 3.56. The van der Waals surface area contributed by atoms with Gasteiger partial charge in [-0.3, -0.25) is 4.98 Å². The molecule has 3 rings (SSSR count). The maximum Gasteiger partial charge on any atom is 0.0758 e. The Morgan fingerprint density at radius 3 is 2.84 bits per heavy atom. The van der Waals surface area contributed by atoms with Crippen molar-refractivity contribution in [1.29, 1.82) is 0 Å². The molecular weight excluding hydrogens is 304 g/mol. The molecule has 100 valence electrons. The van der Waals surface area contributed by atoms with Crippen molar-refractivity contribution in [3.05, 3.63) is 40.5 Å². The first-order valence-corrected chi connectivity index (χ1v) is 7.41. The van der Waals surface area contributed by atoms with E-state index >= 15 is 0 Å². The van der Waals surface area contributed by atoms with E-state index in [4.69, 9.17) is 0 Å². The predicted octanol–water partition coefficient (Wildman–Crippen LogP) is 3.00. The number of aromatic nitrogens is 1. The van der Waals surface area contributed by atoms with Gasteiger partial charge in [0.1, 0.15) is 0 Å². The lowest BCUT2D eigenvalue weighted by molar-refractivity contribution is 0.0873. The predicted molar refractivity (Wildman–Crippen MR) is 80.0 cm³/mol. The highest BCUT2D eigenvalue weighted by Gasteiger charge is 2.35. The van der Waals surface area contributed by atoms with Crippen molar-refractivity contribution in [2.75, 3.05) is 6.61 Å². The van der Waals surface area contributed by atoms with E-state index in [0.717, 1.165) is 34.8 Å². The number of nitrogens with one attached hydrogen (secondary N) is 1. The molecule has 2 aromatic rings. The van der Waals surface area contributed by atoms with E-state index in [1.807, 2.05) is 12.3 Å². The number of hydrogen-bond acceptors (Lipinski definition) is 3. The van der Waals surface area contributed by atoms with E-state index in [-0.39, 0.29) is 12.1 Å². The fraction of sp³-hybridized carbons (Fsp3) is 0.400. The molecule has 0 radical (unpaired) electrons. The topological polar surface area (TPSA) is 45.1 Å². The molecule has 1 aromatic heterocycles. The molecule has 0 spiro atoms. The molecule has 0 bridgehead atoms. The SMILES string of the molecule is OCC1(NCc2ccc(Br)c3cccnc23)CCC1. The molecule has 4 heteroatoms. The van der Waals surface area contributed by atoms with Gasteiger partial charge in [-0.1, -0.05) is 28.1 Å². The Kier molecular flexibility index (Phi) is 3.56. The van der Waals surface area contributed by atoms with E-state index in [0.29, 0.717) is 0 Å². The number of hydrogen-bond donors (Lipinski definition) is 2. The van der Waals surface area contributed by atoms with Gasteiger partial charge in [0.15, 0.2) is 0 Å². The summed E-state index contributed by atoms with van der Waals surface area (Å²) in [6, 6.07) is 8.18. The van der Waals surface area contributed by atoms with Crippen molar-refractivity contribution in [3.63, 3.8) is 0 Å². The quantitative estimate of drug-likeness (QED) is 0.910. The van der Waals surface area contributed by atoms with Gasteiger partial charge in [0.05, 0.1) is 12.1 Å². The van der Waals surface area contributed by atoms with Gasteiger partial charge >= 0.3 is 0 Å². The average molecular weight is 321 g/mol. The number of benzene rings is 1. The van der Waals surface area contributed by atoms with Crippen LogP contribution in [0.2, 0.25) is 0 Å². The zero-order valence-corrected chi connectivity index (χ0v) is 12.3. The van der Waals surface area contributed by atoms with Crippen LogP contribution in [0.5, 0.6) is 0 Å².